The predicted octanol–water partition coefficient (Wildman–Crippen LogP) is 2.72. The summed E-state index contributed by atoms with van der Waals surface area (Å²) in [4.78, 5) is 26.6. The first-order valence-electron chi connectivity index (χ1n) is 6.80. The van der Waals surface area contributed by atoms with Gasteiger partial charge in [0.05, 0.1) is 30.3 Å². The van der Waals surface area contributed by atoms with E-state index in [1.807, 2.05) is 5.38 Å². The minimum atomic E-state index is -0.278. The minimum absolute atomic E-state index is 0.243. The number of rotatable bonds is 5. The summed E-state index contributed by atoms with van der Waals surface area (Å²) in [5, 5.41) is 4.58. The Bertz CT molecular complexity index is 711. The average Bonchev–Trinajstić information content (AvgIpc) is 3.08. The minimum Gasteiger partial charge on any atom is -0.493 e. The fourth-order valence-corrected chi connectivity index (χ4v) is 2.61. The highest BCUT2D eigenvalue weighted by Gasteiger charge is 2.20. The molecule has 0 aliphatic carbocycles. The Morgan fingerprint density at radius 3 is 2.30 bits per heavy atom. The summed E-state index contributed by atoms with van der Waals surface area (Å²) in [6.07, 6.45) is 0. The van der Waals surface area contributed by atoms with E-state index < -0.39 is 0 Å². The molecule has 23 heavy (non-hydrogen) atoms. The largest absolute Gasteiger partial charge is 0.493 e. The molecular formula is C16H18N2O4S. The molecule has 1 heterocycles. The molecule has 0 bridgehead atoms. The summed E-state index contributed by atoms with van der Waals surface area (Å²) in [7, 11) is 6.27. The first kappa shape index (κ1) is 16.8. The molecule has 0 fully saturated rings. The highest BCUT2D eigenvalue weighted by Crippen LogP contribution is 2.34. The average molecular weight is 334 g/mol. The van der Waals surface area contributed by atoms with Gasteiger partial charge < -0.3 is 19.7 Å². The van der Waals surface area contributed by atoms with Gasteiger partial charge in [-0.1, -0.05) is 6.07 Å². The third-order valence-corrected chi connectivity index (χ3v) is 4.02. The normalized spacial score (nSPS) is 10.1. The molecule has 0 aliphatic rings. The van der Waals surface area contributed by atoms with Crippen LogP contribution in [0.15, 0.2) is 29.6 Å². The molecule has 0 unspecified atom stereocenters. The van der Waals surface area contributed by atoms with Crippen LogP contribution in [0.1, 0.15) is 20.0 Å². The number of hydrogen-bond donors (Lipinski definition) is 1. The van der Waals surface area contributed by atoms with Crippen LogP contribution in [0.25, 0.3) is 0 Å². The smallest absolute Gasteiger partial charge is 0.265 e. The lowest BCUT2D eigenvalue weighted by Crippen LogP contribution is -2.24. The lowest BCUT2D eigenvalue weighted by atomic mass is 10.1. The fraction of sp³-hybridized carbons (Fsp3) is 0.250. The summed E-state index contributed by atoms with van der Waals surface area (Å²) in [5.74, 6) is 0.337. The Hall–Kier alpha value is -2.54. The van der Waals surface area contributed by atoms with Gasteiger partial charge in [-0.25, -0.2) is 0 Å². The maximum absolute atomic E-state index is 12.4. The van der Waals surface area contributed by atoms with E-state index in [0.29, 0.717) is 27.6 Å². The third kappa shape index (κ3) is 3.62. The van der Waals surface area contributed by atoms with Gasteiger partial charge in [0.15, 0.2) is 11.5 Å². The molecule has 2 aromatic rings. The molecule has 0 aliphatic heterocycles. The highest BCUT2D eigenvalue weighted by molar-refractivity contribution is 7.12. The van der Waals surface area contributed by atoms with Crippen LogP contribution in [0.4, 0.5) is 5.69 Å². The monoisotopic (exact) mass is 334 g/mol. The van der Waals surface area contributed by atoms with Crippen LogP contribution in [-0.2, 0) is 0 Å². The van der Waals surface area contributed by atoms with Gasteiger partial charge in [0, 0.05) is 20.2 Å². The van der Waals surface area contributed by atoms with Gasteiger partial charge in [-0.2, -0.15) is 0 Å². The van der Waals surface area contributed by atoms with Gasteiger partial charge >= 0.3 is 0 Å². The molecule has 2 amide bonds. The molecule has 2 rings (SSSR count). The number of amides is 2. The number of hydrogen-bond acceptors (Lipinski definition) is 5. The standard InChI is InChI=1S/C16H18N2O4S/c1-18(2)16(20)10-8-12(21-3)13(22-4)9-11(10)17-15(19)14-6-5-7-23-14/h5-9H,1-4H3,(H,17,19). The second kappa shape index (κ2) is 7.15. The van der Waals surface area contributed by atoms with E-state index in [0.717, 1.165) is 0 Å². The summed E-state index contributed by atoms with van der Waals surface area (Å²) in [6, 6.07) is 6.65. The van der Waals surface area contributed by atoms with Crippen LogP contribution in [-0.4, -0.2) is 45.0 Å². The van der Waals surface area contributed by atoms with Crippen molar-refractivity contribution in [3.63, 3.8) is 0 Å². The second-order valence-electron chi connectivity index (χ2n) is 4.88. The Morgan fingerprint density at radius 2 is 1.78 bits per heavy atom. The van der Waals surface area contributed by atoms with Gasteiger partial charge in [0.1, 0.15) is 0 Å². The Balaban J connectivity index is 2.46. The molecule has 7 heteroatoms. The van der Waals surface area contributed by atoms with Crippen LogP contribution >= 0.6 is 11.3 Å². The summed E-state index contributed by atoms with van der Waals surface area (Å²) < 4.78 is 10.5. The Kier molecular flexibility index (Phi) is 5.23. The summed E-state index contributed by atoms with van der Waals surface area (Å²) in [5.41, 5.74) is 0.706. The lowest BCUT2D eigenvalue weighted by Gasteiger charge is -2.17. The van der Waals surface area contributed by atoms with Crippen molar-refractivity contribution in [2.75, 3.05) is 33.6 Å². The van der Waals surface area contributed by atoms with Gasteiger partial charge in [0.2, 0.25) is 0 Å². The lowest BCUT2D eigenvalue weighted by molar-refractivity contribution is 0.0828. The zero-order valence-corrected chi connectivity index (χ0v) is 14.2. The van der Waals surface area contributed by atoms with E-state index in [4.69, 9.17) is 9.47 Å². The van der Waals surface area contributed by atoms with E-state index in [1.54, 1.807) is 38.4 Å². The first-order valence-corrected chi connectivity index (χ1v) is 7.68. The summed E-state index contributed by atoms with van der Waals surface area (Å²) >= 11 is 1.33. The zero-order chi connectivity index (χ0) is 17.0. The first-order chi connectivity index (χ1) is 11.0. The number of carbonyl (C=O) groups excluding carboxylic acids is 2. The molecular weight excluding hydrogens is 316 g/mol. The molecule has 1 N–H and O–H groups in total. The number of carbonyl (C=O) groups is 2. The van der Waals surface area contributed by atoms with E-state index in [-0.39, 0.29) is 11.8 Å². The van der Waals surface area contributed by atoms with Crippen LogP contribution < -0.4 is 14.8 Å². The van der Waals surface area contributed by atoms with Crippen molar-refractivity contribution in [3.05, 3.63) is 40.1 Å². The van der Waals surface area contributed by atoms with E-state index in [2.05, 4.69) is 5.32 Å². The zero-order valence-electron chi connectivity index (χ0n) is 13.4. The van der Waals surface area contributed by atoms with Crippen LogP contribution in [0.5, 0.6) is 11.5 Å². The van der Waals surface area contributed by atoms with E-state index >= 15 is 0 Å². The van der Waals surface area contributed by atoms with Crippen molar-refractivity contribution in [2.45, 2.75) is 0 Å². The van der Waals surface area contributed by atoms with Crippen LogP contribution in [0, 0.1) is 0 Å². The number of anilines is 1. The predicted molar refractivity (Wildman–Crippen MR) is 89.8 cm³/mol. The maximum atomic E-state index is 12.4. The van der Waals surface area contributed by atoms with Crippen LogP contribution in [0.3, 0.4) is 0 Å². The van der Waals surface area contributed by atoms with Crippen molar-refractivity contribution < 1.29 is 19.1 Å². The van der Waals surface area contributed by atoms with E-state index in [1.165, 1.54) is 30.5 Å². The SMILES string of the molecule is COc1cc(NC(=O)c2cccs2)c(C(=O)N(C)C)cc1OC. The molecule has 0 spiro atoms. The van der Waals surface area contributed by atoms with Crippen LogP contribution in [0.2, 0.25) is 0 Å². The van der Waals surface area contributed by atoms with Crippen molar-refractivity contribution in [1.29, 1.82) is 0 Å². The Morgan fingerprint density at radius 1 is 1.13 bits per heavy atom. The summed E-state index contributed by atoms with van der Waals surface area (Å²) in [6.45, 7) is 0. The molecule has 0 atom stereocenters. The van der Waals surface area contributed by atoms with Gasteiger partial charge in [-0.15, -0.1) is 11.3 Å². The number of ether oxygens (including phenoxy) is 2. The molecule has 0 saturated carbocycles. The molecule has 122 valence electrons. The molecule has 0 radical (unpaired) electrons. The fourth-order valence-electron chi connectivity index (χ4n) is 1.99. The van der Waals surface area contributed by atoms with Crippen molar-refractivity contribution in [1.82, 2.24) is 4.90 Å². The molecule has 1 aromatic carbocycles. The van der Waals surface area contributed by atoms with Gasteiger partial charge in [-0.05, 0) is 17.5 Å². The number of nitrogens with one attached hydrogen (secondary N) is 1. The second-order valence-corrected chi connectivity index (χ2v) is 5.83. The highest BCUT2D eigenvalue weighted by atomic mass is 32.1. The van der Waals surface area contributed by atoms with Crippen molar-refractivity contribution >= 4 is 28.8 Å². The maximum Gasteiger partial charge on any atom is 0.265 e. The quantitative estimate of drug-likeness (QED) is 0.913. The van der Waals surface area contributed by atoms with Crippen molar-refractivity contribution in [3.8, 4) is 11.5 Å². The number of nitrogens with zero attached hydrogens (tertiary/aromatic N) is 1. The number of methoxy groups -OCH3 is 2. The topological polar surface area (TPSA) is 67.9 Å². The van der Waals surface area contributed by atoms with Crippen molar-refractivity contribution in [2.24, 2.45) is 0 Å². The number of benzene rings is 1. The Labute approximate surface area is 138 Å². The molecule has 1 aromatic heterocycles. The molecule has 6 nitrogen and oxygen atoms in total. The van der Waals surface area contributed by atoms with Gasteiger partial charge in [-0.3, -0.25) is 9.59 Å². The van der Waals surface area contributed by atoms with E-state index in [9.17, 15) is 9.59 Å². The number of thiophene rings is 1. The molecule has 0 saturated heterocycles. The third-order valence-electron chi connectivity index (χ3n) is 3.15. The van der Waals surface area contributed by atoms with Gasteiger partial charge in [0.25, 0.3) is 11.8 Å².